The second-order valence-corrected chi connectivity index (χ2v) is 8.97. The highest BCUT2D eigenvalue weighted by molar-refractivity contribution is 6.15. The molecule has 0 saturated heterocycles. The number of aryl methyl sites for hydroxylation is 1. The first-order valence-corrected chi connectivity index (χ1v) is 11.2. The minimum Gasteiger partial charge on any atom is -0.452 e. The molecule has 1 aliphatic heterocycles. The summed E-state index contributed by atoms with van der Waals surface area (Å²) in [4.78, 5) is 45.4. The summed E-state index contributed by atoms with van der Waals surface area (Å²) >= 11 is 0. The van der Waals surface area contributed by atoms with Crippen LogP contribution in [0.3, 0.4) is 0 Å². The minimum absolute atomic E-state index is 0.296. The Hall–Kier alpha value is -3.74. The van der Waals surface area contributed by atoms with Crippen LogP contribution < -0.4 is 10.2 Å². The van der Waals surface area contributed by atoms with E-state index in [0.717, 1.165) is 47.8 Å². The monoisotopic (exact) mass is 443 g/mol. The van der Waals surface area contributed by atoms with Crippen LogP contribution in [-0.4, -0.2) is 34.9 Å². The first-order valence-electron chi connectivity index (χ1n) is 11.2. The number of anilines is 2. The van der Waals surface area contributed by atoms with E-state index in [0.29, 0.717) is 16.9 Å². The van der Waals surface area contributed by atoms with Crippen LogP contribution in [0.25, 0.3) is 10.9 Å². The summed E-state index contributed by atoms with van der Waals surface area (Å²) in [6.45, 7) is 2.88. The molecule has 33 heavy (non-hydrogen) atoms. The van der Waals surface area contributed by atoms with E-state index in [1.54, 1.807) is 38.1 Å². The van der Waals surface area contributed by atoms with Gasteiger partial charge in [-0.05, 0) is 63.3 Å². The summed E-state index contributed by atoms with van der Waals surface area (Å²) in [5, 5.41) is 3.57. The molecule has 0 atom stereocenters. The molecule has 2 aromatic carbocycles. The largest absolute Gasteiger partial charge is 0.452 e. The van der Waals surface area contributed by atoms with Crippen LogP contribution in [0.1, 0.15) is 48.3 Å². The number of carbonyl (C=O) groups excluding carboxylic acids is 3. The lowest BCUT2D eigenvalue weighted by Gasteiger charge is -2.41. The predicted octanol–water partition coefficient (Wildman–Crippen LogP) is 4.03. The van der Waals surface area contributed by atoms with E-state index >= 15 is 0 Å². The molecule has 0 spiro atoms. The van der Waals surface area contributed by atoms with Crippen LogP contribution in [0.4, 0.5) is 11.4 Å². The minimum atomic E-state index is -1.12. The highest BCUT2D eigenvalue weighted by Gasteiger charge is 2.43. The Balaban J connectivity index is 1.45. The van der Waals surface area contributed by atoms with Crippen LogP contribution in [0.2, 0.25) is 0 Å². The molecule has 1 N–H and O–H groups in total. The Morgan fingerprint density at radius 1 is 1.06 bits per heavy atom. The van der Waals surface area contributed by atoms with E-state index in [2.05, 4.69) is 5.32 Å². The second kappa shape index (κ2) is 7.99. The number of aromatic nitrogens is 1. The number of hydrogen-bond donors (Lipinski definition) is 1. The molecule has 0 radical (unpaired) electrons. The van der Waals surface area contributed by atoms with Crippen LogP contribution >= 0.6 is 0 Å². The Kier molecular flexibility index (Phi) is 5.12. The van der Waals surface area contributed by atoms with Crippen molar-refractivity contribution >= 4 is 40.1 Å². The number of carbonyl (C=O) groups is 3. The van der Waals surface area contributed by atoms with Gasteiger partial charge in [0.15, 0.2) is 6.61 Å². The Labute approximate surface area is 191 Å². The molecule has 3 aromatic rings. The first kappa shape index (κ1) is 21.1. The number of benzene rings is 2. The van der Waals surface area contributed by atoms with Crippen molar-refractivity contribution in [3.63, 3.8) is 0 Å². The number of esters is 1. The van der Waals surface area contributed by atoms with Crippen molar-refractivity contribution in [2.24, 2.45) is 0 Å². The standard InChI is InChI=1S/C26H25N3O4/c1-26(2)25(32)28-20-13-7-8-14-21(20)29(26)22(30)15-33-24(31)23-16-9-3-5-11-18(16)27-19-12-6-4-10-17(19)23/h3,5,7-9,11,13-14H,4,6,10,12,15H2,1-2H3,(H,28,32). The normalized spacial score (nSPS) is 16.5. The van der Waals surface area contributed by atoms with Crippen molar-refractivity contribution in [2.75, 3.05) is 16.8 Å². The van der Waals surface area contributed by atoms with Gasteiger partial charge in [-0.2, -0.15) is 0 Å². The average molecular weight is 444 g/mol. The summed E-state index contributed by atoms with van der Waals surface area (Å²) in [5.41, 5.74) is 3.10. The number of fused-ring (bicyclic) bond motifs is 3. The number of rotatable bonds is 3. The number of nitrogens with one attached hydrogen (secondary N) is 1. The number of ether oxygens (including phenoxy) is 1. The molecule has 1 aromatic heterocycles. The molecule has 7 nitrogen and oxygen atoms in total. The van der Waals surface area contributed by atoms with E-state index in [9.17, 15) is 14.4 Å². The van der Waals surface area contributed by atoms with Gasteiger partial charge in [-0.3, -0.25) is 19.5 Å². The van der Waals surface area contributed by atoms with E-state index in [-0.39, 0.29) is 5.91 Å². The zero-order chi connectivity index (χ0) is 23.2. The zero-order valence-corrected chi connectivity index (χ0v) is 18.7. The maximum absolute atomic E-state index is 13.3. The maximum atomic E-state index is 13.3. The highest BCUT2D eigenvalue weighted by atomic mass is 16.5. The summed E-state index contributed by atoms with van der Waals surface area (Å²) in [6, 6.07) is 14.6. The molecule has 1 aliphatic carbocycles. The summed E-state index contributed by atoms with van der Waals surface area (Å²) in [6.07, 6.45) is 3.61. The van der Waals surface area contributed by atoms with E-state index in [4.69, 9.17) is 9.72 Å². The Morgan fingerprint density at radius 2 is 1.79 bits per heavy atom. The molecule has 0 saturated carbocycles. The quantitative estimate of drug-likeness (QED) is 0.618. The van der Waals surface area contributed by atoms with Crippen molar-refractivity contribution in [1.82, 2.24) is 4.98 Å². The number of para-hydroxylation sites is 3. The smallest absolute Gasteiger partial charge is 0.339 e. The average Bonchev–Trinajstić information content (AvgIpc) is 2.81. The van der Waals surface area contributed by atoms with Gasteiger partial charge < -0.3 is 10.1 Å². The molecular weight excluding hydrogens is 418 g/mol. The molecule has 168 valence electrons. The third-order valence-corrected chi connectivity index (χ3v) is 6.46. The second-order valence-electron chi connectivity index (χ2n) is 8.97. The van der Waals surface area contributed by atoms with Crippen molar-refractivity contribution in [3.8, 4) is 0 Å². The SMILES string of the molecule is CC1(C)C(=O)Nc2ccccc2N1C(=O)COC(=O)c1c2c(nc3ccccc13)CCCC2. The van der Waals surface area contributed by atoms with Gasteiger partial charge in [-0.25, -0.2) is 4.79 Å². The lowest BCUT2D eigenvalue weighted by Crippen LogP contribution is -2.59. The third-order valence-electron chi connectivity index (χ3n) is 6.46. The lowest BCUT2D eigenvalue weighted by atomic mass is 9.90. The zero-order valence-electron chi connectivity index (χ0n) is 18.7. The summed E-state index contributed by atoms with van der Waals surface area (Å²) in [7, 11) is 0. The fourth-order valence-electron chi connectivity index (χ4n) is 4.77. The maximum Gasteiger partial charge on any atom is 0.339 e. The van der Waals surface area contributed by atoms with Crippen molar-refractivity contribution < 1.29 is 19.1 Å². The van der Waals surface area contributed by atoms with Crippen molar-refractivity contribution in [2.45, 2.75) is 45.1 Å². The number of amides is 2. The fraction of sp³-hybridized carbons (Fsp3) is 0.308. The molecule has 2 amide bonds. The topological polar surface area (TPSA) is 88.6 Å². The van der Waals surface area contributed by atoms with Crippen LogP contribution in [0.5, 0.6) is 0 Å². The van der Waals surface area contributed by atoms with Crippen LogP contribution in [0.15, 0.2) is 48.5 Å². The molecule has 0 bridgehead atoms. The molecule has 2 heterocycles. The van der Waals surface area contributed by atoms with Crippen LogP contribution in [-0.2, 0) is 27.2 Å². The molecule has 2 aliphatic rings. The molecule has 7 heteroatoms. The van der Waals surface area contributed by atoms with Gasteiger partial charge in [-0.1, -0.05) is 30.3 Å². The molecule has 0 fully saturated rings. The van der Waals surface area contributed by atoms with Gasteiger partial charge >= 0.3 is 5.97 Å². The van der Waals surface area contributed by atoms with Crippen molar-refractivity contribution in [3.05, 3.63) is 65.4 Å². The molecular formula is C26H25N3O4. The fourth-order valence-corrected chi connectivity index (χ4v) is 4.77. The molecule has 5 rings (SSSR count). The van der Waals surface area contributed by atoms with Crippen molar-refractivity contribution in [1.29, 1.82) is 0 Å². The van der Waals surface area contributed by atoms with E-state index in [1.165, 1.54) is 4.90 Å². The van der Waals surface area contributed by atoms with Gasteiger partial charge in [0, 0.05) is 11.1 Å². The van der Waals surface area contributed by atoms with Gasteiger partial charge in [-0.15, -0.1) is 0 Å². The lowest BCUT2D eigenvalue weighted by molar-refractivity contribution is -0.128. The number of nitrogens with zero attached hydrogens (tertiary/aromatic N) is 2. The molecule has 0 unspecified atom stereocenters. The summed E-state index contributed by atoms with van der Waals surface area (Å²) < 4.78 is 5.57. The number of hydrogen-bond acceptors (Lipinski definition) is 5. The van der Waals surface area contributed by atoms with Gasteiger partial charge in [0.05, 0.1) is 22.5 Å². The van der Waals surface area contributed by atoms with E-state index in [1.807, 2.05) is 24.3 Å². The third kappa shape index (κ3) is 3.53. The van der Waals surface area contributed by atoms with Crippen LogP contribution in [0, 0.1) is 0 Å². The Bertz CT molecular complexity index is 1300. The summed E-state index contributed by atoms with van der Waals surface area (Å²) in [5.74, 6) is -1.29. The van der Waals surface area contributed by atoms with Gasteiger partial charge in [0.2, 0.25) is 5.91 Å². The van der Waals surface area contributed by atoms with Gasteiger partial charge in [0.25, 0.3) is 5.91 Å². The van der Waals surface area contributed by atoms with Gasteiger partial charge in [0.1, 0.15) is 5.54 Å². The first-order chi connectivity index (χ1) is 15.9. The predicted molar refractivity (Wildman–Crippen MR) is 125 cm³/mol. The highest BCUT2D eigenvalue weighted by Crippen LogP contribution is 2.37. The Morgan fingerprint density at radius 3 is 2.64 bits per heavy atom. The number of pyridine rings is 1. The van der Waals surface area contributed by atoms with E-state index < -0.39 is 24.0 Å².